The normalized spacial score (nSPS) is 21.7. The van der Waals surface area contributed by atoms with Gasteiger partial charge in [-0.15, -0.1) is 11.3 Å². The van der Waals surface area contributed by atoms with Gasteiger partial charge in [-0.25, -0.2) is 0 Å². The van der Waals surface area contributed by atoms with Crippen LogP contribution in [0.3, 0.4) is 0 Å². The van der Waals surface area contributed by atoms with E-state index in [4.69, 9.17) is 0 Å². The summed E-state index contributed by atoms with van der Waals surface area (Å²) in [6.07, 6.45) is 3.58. The molecule has 1 fully saturated rings. The van der Waals surface area contributed by atoms with Crippen LogP contribution in [0.2, 0.25) is 0 Å². The largest absolute Gasteiger partial charge is 0.394 e. The van der Waals surface area contributed by atoms with Crippen molar-refractivity contribution in [2.45, 2.75) is 44.7 Å². The van der Waals surface area contributed by atoms with Crippen molar-refractivity contribution in [2.75, 3.05) is 6.61 Å². The Kier molecular flexibility index (Phi) is 3.67. The molecule has 2 N–H and O–H groups in total. The Hall–Kier alpha value is -0.380. The third kappa shape index (κ3) is 2.47. The third-order valence-corrected chi connectivity index (χ3v) is 4.59. The summed E-state index contributed by atoms with van der Waals surface area (Å²) in [4.78, 5) is 1.38. The first-order valence-corrected chi connectivity index (χ1v) is 6.99. The van der Waals surface area contributed by atoms with E-state index in [0.717, 1.165) is 6.42 Å². The first-order chi connectivity index (χ1) is 7.69. The second-order valence-corrected chi connectivity index (χ2v) is 5.95. The van der Waals surface area contributed by atoms with E-state index in [0.29, 0.717) is 12.0 Å². The van der Waals surface area contributed by atoms with E-state index < -0.39 is 0 Å². The van der Waals surface area contributed by atoms with Gasteiger partial charge in [0.2, 0.25) is 0 Å². The van der Waals surface area contributed by atoms with Crippen molar-refractivity contribution in [1.29, 1.82) is 0 Å². The van der Waals surface area contributed by atoms with E-state index >= 15 is 0 Å². The maximum absolute atomic E-state index is 9.58. The fraction of sp³-hybridized carbons (Fsp3) is 0.692. The second kappa shape index (κ2) is 4.86. The predicted octanol–water partition coefficient (Wildman–Crippen LogP) is 2.95. The molecule has 1 saturated carbocycles. The second-order valence-electron chi connectivity index (χ2n) is 4.97. The Bertz CT molecular complexity index is 321. The van der Waals surface area contributed by atoms with Crippen molar-refractivity contribution >= 4 is 11.3 Å². The van der Waals surface area contributed by atoms with E-state index in [-0.39, 0.29) is 12.1 Å². The zero-order chi connectivity index (χ0) is 11.6. The number of hydrogen-bond donors (Lipinski definition) is 2. The number of thiophene rings is 1. The topological polar surface area (TPSA) is 32.3 Å². The monoisotopic (exact) mass is 239 g/mol. The Morgan fingerprint density at radius 1 is 1.62 bits per heavy atom. The maximum atomic E-state index is 9.58. The molecule has 0 amide bonds. The van der Waals surface area contributed by atoms with Crippen LogP contribution < -0.4 is 5.32 Å². The summed E-state index contributed by atoms with van der Waals surface area (Å²) < 4.78 is 0. The van der Waals surface area contributed by atoms with Gasteiger partial charge < -0.3 is 10.4 Å². The van der Waals surface area contributed by atoms with Gasteiger partial charge in [-0.3, -0.25) is 0 Å². The quantitative estimate of drug-likeness (QED) is 0.800. The third-order valence-electron chi connectivity index (χ3n) is 3.61. The molecule has 16 heavy (non-hydrogen) atoms. The highest BCUT2D eigenvalue weighted by atomic mass is 32.1. The summed E-state index contributed by atoms with van der Waals surface area (Å²) in [6, 6.07) is 4.66. The molecule has 1 heterocycles. The first kappa shape index (κ1) is 12.1. The van der Waals surface area contributed by atoms with E-state index in [1.807, 2.05) is 0 Å². The van der Waals surface area contributed by atoms with E-state index in [1.54, 1.807) is 11.3 Å². The lowest BCUT2D eigenvalue weighted by molar-refractivity contribution is 0.141. The molecule has 2 nitrogen and oxygen atoms in total. The Labute approximate surface area is 102 Å². The van der Waals surface area contributed by atoms with Gasteiger partial charge in [0.25, 0.3) is 0 Å². The van der Waals surface area contributed by atoms with E-state index in [9.17, 15) is 5.11 Å². The maximum Gasteiger partial charge on any atom is 0.0613 e. The van der Waals surface area contributed by atoms with Gasteiger partial charge in [0.1, 0.15) is 0 Å². The van der Waals surface area contributed by atoms with Crippen molar-refractivity contribution in [3.63, 3.8) is 0 Å². The summed E-state index contributed by atoms with van der Waals surface area (Å²) in [7, 11) is 0. The van der Waals surface area contributed by atoms with Crippen LogP contribution in [-0.2, 0) is 0 Å². The van der Waals surface area contributed by atoms with Crippen LogP contribution in [0.25, 0.3) is 0 Å². The molecular formula is C13H21NOS. The summed E-state index contributed by atoms with van der Waals surface area (Å²) in [5.74, 6) is 0.659. The number of rotatable bonds is 6. The molecule has 90 valence electrons. The molecule has 0 bridgehead atoms. The molecule has 1 aliphatic rings. The average molecular weight is 239 g/mol. The van der Waals surface area contributed by atoms with Crippen LogP contribution in [0, 0.1) is 5.92 Å². The van der Waals surface area contributed by atoms with E-state index in [2.05, 4.69) is 36.7 Å². The van der Waals surface area contributed by atoms with Gasteiger partial charge in [-0.2, -0.15) is 0 Å². The minimum Gasteiger partial charge on any atom is -0.394 e. The van der Waals surface area contributed by atoms with Gasteiger partial charge in [0, 0.05) is 16.5 Å². The summed E-state index contributed by atoms with van der Waals surface area (Å²) in [6.45, 7) is 4.59. The molecule has 3 heteroatoms. The van der Waals surface area contributed by atoms with Crippen molar-refractivity contribution < 1.29 is 5.11 Å². The summed E-state index contributed by atoms with van der Waals surface area (Å²) >= 11 is 1.79. The fourth-order valence-electron chi connectivity index (χ4n) is 2.28. The zero-order valence-corrected chi connectivity index (χ0v) is 10.9. The van der Waals surface area contributed by atoms with Crippen LogP contribution in [0.1, 0.15) is 44.0 Å². The summed E-state index contributed by atoms with van der Waals surface area (Å²) in [5.41, 5.74) is -0.0926. The van der Waals surface area contributed by atoms with Crippen molar-refractivity contribution in [3.05, 3.63) is 22.4 Å². The lowest BCUT2D eigenvalue weighted by Crippen LogP contribution is -2.49. The molecule has 2 unspecified atom stereocenters. The molecule has 0 spiro atoms. The lowest BCUT2D eigenvalue weighted by Gasteiger charge is -2.33. The first-order valence-electron chi connectivity index (χ1n) is 6.11. The van der Waals surface area contributed by atoms with Crippen LogP contribution in [-0.4, -0.2) is 17.3 Å². The minimum atomic E-state index is -0.0926. The molecule has 1 aromatic rings. The van der Waals surface area contributed by atoms with Gasteiger partial charge in [0.05, 0.1) is 6.61 Å². The highest BCUT2D eigenvalue weighted by molar-refractivity contribution is 7.10. The Balaban J connectivity index is 2.05. The SMILES string of the molecule is CCC(NC(C)(CO)C1CC1)c1cccs1. The van der Waals surface area contributed by atoms with E-state index in [1.165, 1.54) is 17.7 Å². The predicted molar refractivity (Wildman–Crippen MR) is 68.7 cm³/mol. The number of aliphatic hydroxyl groups is 1. The standard InChI is InChI=1S/C13H21NOS/c1-3-11(12-5-4-8-16-12)14-13(2,9-15)10-6-7-10/h4-5,8,10-11,14-15H,3,6-7,9H2,1-2H3. The molecule has 0 saturated heterocycles. The Morgan fingerprint density at radius 2 is 2.38 bits per heavy atom. The number of nitrogens with one attached hydrogen (secondary N) is 1. The molecule has 0 aliphatic heterocycles. The zero-order valence-electron chi connectivity index (χ0n) is 10.1. The molecule has 0 radical (unpaired) electrons. The van der Waals surface area contributed by atoms with Crippen molar-refractivity contribution in [3.8, 4) is 0 Å². The van der Waals surface area contributed by atoms with Crippen LogP contribution in [0.4, 0.5) is 0 Å². The van der Waals surface area contributed by atoms with Gasteiger partial charge in [0.15, 0.2) is 0 Å². The highest BCUT2D eigenvalue weighted by Crippen LogP contribution is 2.41. The van der Waals surface area contributed by atoms with Crippen LogP contribution in [0.15, 0.2) is 17.5 Å². The molecule has 1 aliphatic carbocycles. The van der Waals surface area contributed by atoms with Crippen molar-refractivity contribution in [1.82, 2.24) is 5.32 Å². The van der Waals surface area contributed by atoms with Gasteiger partial charge in [-0.05, 0) is 43.6 Å². The molecule has 2 rings (SSSR count). The highest BCUT2D eigenvalue weighted by Gasteiger charge is 2.42. The van der Waals surface area contributed by atoms with Crippen LogP contribution in [0.5, 0.6) is 0 Å². The van der Waals surface area contributed by atoms with Gasteiger partial charge in [-0.1, -0.05) is 13.0 Å². The number of hydrogen-bond acceptors (Lipinski definition) is 3. The van der Waals surface area contributed by atoms with Crippen LogP contribution >= 0.6 is 11.3 Å². The van der Waals surface area contributed by atoms with Gasteiger partial charge >= 0.3 is 0 Å². The lowest BCUT2D eigenvalue weighted by atomic mass is 9.95. The molecule has 2 atom stereocenters. The Morgan fingerprint density at radius 3 is 2.81 bits per heavy atom. The fourth-order valence-corrected chi connectivity index (χ4v) is 3.14. The summed E-state index contributed by atoms with van der Waals surface area (Å²) in [5, 5.41) is 15.4. The molecular weight excluding hydrogens is 218 g/mol. The average Bonchev–Trinajstić information content (AvgIpc) is 3.03. The smallest absolute Gasteiger partial charge is 0.0613 e. The molecule has 0 aromatic carbocycles. The minimum absolute atomic E-state index is 0.0926. The molecule has 1 aromatic heterocycles. The number of aliphatic hydroxyl groups excluding tert-OH is 1. The van der Waals surface area contributed by atoms with Crippen molar-refractivity contribution in [2.24, 2.45) is 5.92 Å².